The van der Waals surface area contributed by atoms with Crippen molar-refractivity contribution in [2.75, 3.05) is 0 Å². The highest BCUT2D eigenvalue weighted by Crippen LogP contribution is 2.20. The Morgan fingerprint density at radius 2 is 1.55 bits per heavy atom. The van der Waals surface area contributed by atoms with Crippen LogP contribution in [0.3, 0.4) is 0 Å². The van der Waals surface area contributed by atoms with Crippen LogP contribution < -0.4 is 0 Å². The number of carbonyl (C=O) groups excluding carboxylic acids is 2. The van der Waals surface area contributed by atoms with Crippen LogP contribution >= 0.6 is 0 Å². The zero-order chi connectivity index (χ0) is 9.23. The lowest BCUT2D eigenvalue weighted by molar-refractivity contribution is -0.135. The Bertz CT molecular complexity index is 212. The minimum atomic E-state index is -0.897. The SMILES string of the molecule is C=C(C)C(=O)C(C)(C)C(C)=O. The lowest BCUT2D eigenvalue weighted by Gasteiger charge is -2.18. The first-order chi connectivity index (χ1) is 4.80. The van der Waals surface area contributed by atoms with E-state index < -0.39 is 5.41 Å². The van der Waals surface area contributed by atoms with E-state index in [9.17, 15) is 9.59 Å². The smallest absolute Gasteiger partial charge is 0.170 e. The molecule has 0 aromatic heterocycles. The van der Waals surface area contributed by atoms with Crippen molar-refractivity contribution in [1.82, 2.24) is 0 Å². The van der Waals surface area contributed by atoms with E-state index in [2.05, 4.69) is 6.58 Å². The molecule has 0 aromatic carbocycles. The van der Waals surface area contributed by atoms with Crippen molar-refractivity contribution in [2.24, 2.45) is 5.41 Å². The summed E-state index contributed by atoms with van der Waals surface area (Å²) in [4.78, 5) is 22.2. The Kier molecular flexibility index (Phi) is 2.74. The lowest BCUT2D eigenvalue weighted by atomic mass is 9.81. The van der Waals surface area contributed by atoms with E-state index in [4.69, 9.17) is 0 Å². The molecule has 11 heavy (non-hydrogen) atoms. The molecule has 0 aliphatic carbocycles. The predicted octanol–water partition coefficient (Wildman–Crippen LogP) is 1.75. The van der Waals surface area contributed by atoms with Gasteiger partial charge in [-0.2, -0.15) is 0 Å². The average Bonchev–Trinajstić information content (AvgIpc) is 1.85. The van der Waals surface area contributed by atoms with Crippen molar-refractivity contribution in [1.29, 1.82) is 0 Å². The summed E-state index contributed by atoms with van der Waals surface area (Å²) >= 11 is 0. The molecule has 62 valence electrons. The van der Waals surface area contributed by atoms with Gasteiger partial charge in [-0.15, -0.1) is 0 Å². The van der Waals surface area contributed by atoms with Crippen LogP contribution in [0.15, 0.2) is 12.2 Å². The molecule has 0 aromatic rings. The van der Waals surface area contributed by atoms with Crippen LogP contribution in [-0.2, 0) is 9.59 Å². The molecule has 0 fully saturated rings. The number of carbonyl (C=O) groups is 2. The minimum Gasteiger partial charge on any atom is -0.299 e. The molecule has 0 amide bonds. The van der Waals surface area contributed by atoms with E-state index in [1.807, 2.05) is 0 Å². The third kappa shape index (κ3) is 2.00. The quantitative estimate of drug-likeness (QED) is 0.458. The zero-order valence-corrected chi connectivity index (χ0v) is 7.52. The summed E-state index contributed by atoms with van der Waals surface area (Å²) in [5, 5.41) is 0. The average molecular weight is 154 g/mol. The van der Waals surface area contributed by atoms with E-state index in [0.29, 0.717) is 5.57 Å². The second-order valence-corrected chi connectivity index (χ2v) is 3.29. The van der Waals surface area contributed by atoms with Gasteiger partial charge in [-0.1, -0.05) is 6.58 Å². The standard InChI is InChI=1S/C9H14O2/c1-6(2)8(11)9(4,5)7(3)10/h1H2,2-5H3. The number of Topliss-reactive ketones (excluding diaryl/α,β-unsaturated/α-hetero) is 2. The van der Waals surface area contributed by atoms with Crippen molar-refractivity contribution in [3.63, 3.8) is 0 Å². The van der Waals surface area contributed by atoms with Crippen molar-refractivity contribution in [3.05, 3.63) is 12.2 Å². The van der Waals surface area contributed by atoms with Crippen molar-refractivity contribution >= 4 is 11.6 Å². The topological polar surface area (TPSA) is 34.1 Å². The van der Waals surface area contributed by atoms with Crippen LogP contribution in [-0.4, -0.2) is 11.6 Å². The number of hydrogen-bond donors (Lipinski definition) is 0. The minimum absolute atomic E-state index is 0.120. The zero-order valence-electron chi connectivity index (χ0n) is 7.52. The monoisotopic (exact) mass is 154 g/mol. The van der Waals surface area contributed by atoms with Gasteiger partial charge in [0.1, 0.15) is 5.78 Å². The fourth-order valence-electron chi connectivity index (χ4n) is 0.693. The fraction of sp³-hybridized carbons (Fsp3) is 0.556. The molecule has 0 atom stereocenters. The van der Waals surface area contributed by atoms with Crippen LogP contribution in [0.1, 0.15) is 27.7 Å². The van der Waals surface area contributed by atoms with Crippen molar-refractivity contribution < 1.29 is 9.59 Å². The van der Waals surface area contributed by atoms with Crippen LogP contribution in [0, 0.1) is 5.41 Å². The summed E-state index contributed by atoms with van der Waals surface area (Å²) in [6.07, 6.45) is 0. The van der Waals surface area contributed by atoms with Crippen molar-refractivity contribution in [3.8, 4) is 0 Å². The molecular weight excluding hydrogens is 140 g/mol. The molecule has 0 unspecified atom stereocenters. The number of ketones is 2. The molecule has 0 N–H and O–H groups in total. The first-order valence-electron chi connectivity index (χ1n) is 3.51. The third-order valence-electron chi connectivity index (χ3n) is 1.84. The third-order valence-corrected chi connectivity index (χ3v) is 1.84. The number of allylic oxidation sites excluding steroid dienone is 1. The van der Waals surface area contributed by atoms with E-state index in [-0.39, 0.29) is 11.6 Å². The highest BCUT2D eigenvalue weighted by molar-refractivity contribution is 6.12. The van der Waals surface area contributed by atoms with Gasteiger partial charge < -0.3 is 0 Å². The van der Waals surface area contributed by atoms with Gasteiger partial charge in [0.15, 0.2) is 5.78 Å². The maximum absolute atomic E-state index is 11.3. The second kappa shape index (κ2) is 2.99. The van der Waals surface area contributed by atoms with Crippen molar-refractivity contribution in [2.45, 2.75) is 27.7 Å². The maximum atomic E-state index is 11.3. The molecule has 2 heteroatoms. The molecule has 0 rings (SSSR count). The van der Waals surface area contributed by atoms with Gasteiger partial charge in [0, 0.05) is 0 Å². The van der Waals surface area contributed by atoms with Gasteiger partial charge in [0.05, 0.1) is 5.41 Å². The molecule has 0 spiro atoms. The van der Waals surface area contributed by atoms with Crippen LogP contribution in [0.4, 0.5) is 0 Å². The first-order valence-corrected chi connectivity index (χ1v) is 3.51. The Labute approximate surface area is 67.3 Å². The lowest BCUT2D eigenvalue weighted by Crippen LogP contribution is -2.31. The predicted molar refractivity (Wildman–Crippen MR) is 44.3 cm³/mol. The maximum Gasteiger partial charge on any atom is 0.170 e. The van der Waals surface area contributed by atoms with Crippen LogP contribution in [0.25, 0.3) is 0 Å². The van der Waals surface area contributed by atoms with E-state index >= 15 is 0 Å². The summed E-state index contributed by atoms with van der Waals surface area (Å²) < 4.78 is 0. The molecular formula is C9H14O2. The highest BCUT2D eigenvalue weighted by Gasteiger charge is 2.32. The molecule has 2 nitrogen and oxygen atoms in total. The summed E-state index contributed by atoms with van der Waals surface area (Å²) in [7, 11) is 0. The van der Waals surface area contributed by atoms with Gasteiger partial charge in [0.2, 0.25) is 0 Å². The van der Waals surface area contributed by atoms with Gasteiger partial charge in [-0.05, 0) is 33.3 Å². The Balaban J connectivity index is 4.70. The molecule has 0 saturated carbocycles. The first kappa shape index (κ1) is 10.1. The van der Waals surface area contributed by atoms with Gasteiger partial charge in [-0.3, -0.25) is 9.59 Å². The fourth-order valence-corrected chi connectivity index (χ4v) is 0.693. The molecule has 0 radical (unpaired) electrons. The molecule has 0 aliphatic rings. The Morgan fingerprint density at radius 1 is 1.18 bits per heavy atom. The molecule has 0 heterocycles. The second-order valence-electron chi connectivity index (χ2n) is 3.29. The van der Waals surface area contributed by atoms with Crippen LogP contribution in [0.2, 0.25) is 0 Å². The normalized spacial score (nSPS) is 10.9. The van der Waals surface area contributed by atoms with E-state index in [1.54, 1.807) is 20.8 Å². The highest BCUT2D eigenvalue weighted by atomic mass is 16.2. The molecule has 0 bridgehead atoms. The van der Waals surface area contributed by atoms with Crippen LogP contribution in [0.5, 0.6) is 0 Å². The summed E-state index contributed by atoms with van der Waals surface area (Å²) in [6, 6.07) is 0. The number of hydrogen-bond acceptors (Lipinski definition) is 2. The Morgan fingerprint density at radius 3 is 1.64 bits per heavy atom. The van der Waals surface area contributed by atoms with Gasteiger partial charge in [0.25, 0.3) is 0 Å². The summed E-state index contributed by atoms with van der Waals surface area (Å²) in [5.41, 5.74) is -0.462. The summed E-state index contributed by atoms with van der Waals surface area (Å²) in [5.74, 6) is -0.296. The Hall–Kier alpha value is -0.920. The largest absolute Gasteiger partial charge is 0.299 e. The van der Waals surface area contributed by atoms with Gasteiger partial charge >= 0.3 is 0 Å². The molecule has 0 aliphatic heterocycles. The molecule has 0 saturated heterocycles. The summed E-state index contributed by atoms with van der Waals surface area (Å²) in [6.45, 7) is 9.77. The van der Waals surface area contributed by atoms with E-state index in [0.717, 1.165) is 0 Å². The number of rotatable bonds is 3. The van der Waals surface area contributed by atoms with E-state index in [1.165, 1.54) is 6.92 Å². The van der Waals surface area contributed by atoms with Gasteiger partial charge in [-0.25, -0.2) is 0 Å².